The predicted molar refractivity (Wildman–Crippen MR) is 44.6 cm³/mol. The second kappa shape index (κ2) is 3.54. The van der Waals surface area contributed by atoms with Gasteiger partial charge in [0.2, 0.25) is 0 Å². The monoisotopic (exact) mass is 225 g/mol. The minimum absolute atomic E-state index is 0.631. The Morgan fingerprint density at radius 3 is 3.00 bits per heavy atom. The van der Waals surface area contributed by atoms with E-state index in [0.717, 1.165) is 17.4 Å². The molecule has 1 aromatic heterocycles. The van der Waals surface area contributed by atoms with Crippen LogP contribution in [0, 0.1) is 0 Å². The van der Waals surface area contributed by atoms with E-state index in [0.29, 0.717) is 4.47 Å². The molecule has 0 N–H and O–H groups in total. The maximum absolute atomic E-state index is 5.59. The highest BCUT2D eigenvalue weighted by Gasteiger charge is 1.96. The summed E-state index contributed by atoms with van der Waals surface area (Å²) < 4.78 is 0.631. The quantitative estimate of drug-likeness (QED) is 0.707. The third kappa shape index (κ3) is 2.24. The topological polar surface area (TPSA) is 12.9 Å². The fourth-order valence-corrected chi connectivity index (χ4v) is 1.72. The molecular formula is C5H5BrClNS. The number of halogens is 2. The predicted octanol–water partition coefficient (Wildman–Crippen LogP) is 2.73. The van der Waals surface area contributed by atoms with Crippen molar-refractivity contribution in [1.29, 1.82) is 0 Å². The molecule has 0 aromatic carbocycles. The van der Waals surface area contributed by atoms with Crippen molar-refractivity contribution in [2.45, 2.75) is 6.42 Å². The molecule has 4 heteroatoms. The molecule has 0 amide bonds. The number of rotatable bonds is 2. The lowest BCUT2D eigenvalue weighted by atomic mass is 10.4. The van der Waals surface area contributed by atoms with E-state index < -0.39 is 0 Å². The van der Waals surface area contributed by atoms with Crippen molar-refractivity contribution in [3.8, 4) is 0 Å². The molecule has 0 aliphatic carbocycles. The van der Waals surface area contributed by atoms with Gasteiger partial charge in [-0.15, -0.1) is 11.3 Å². The van der Waals surface area contributed by atoms with Crippen LogP contribution in [0.25, 0.3) is 0 Å². The van der Waals surface area contributed by atoms with Crippen LogP contribution in [-0.2, 0) is 6.42 Å². The molecule has 1 rings (SSSR count). The van der Waals surface area contributed by atoms with Gasteiger partial charge in [-0.3, -0.25) is 0 Å². The summed E-state index contributed by atoms with van der Waals surface area (Å²) in [4.78, 5) is 4.05. The highest BCUT2D eigenvalue weighted by Crippen LogP contribution is 2.15. The second-order valence-electron chi connectivity index (χ2n) is 1.53. The standard InChI is InChI=1S/C5H5BrClNS/c6-2-1-4-3-9-5(7)8-4/h3H,1-2H2. The summed E-state index contributed by atoms with van der Waals surface area (Å²) in [6.07, 6.45) is 0.962. The van der Waals surface area contributed by atoms with Crippen molar-refractivity contribution in [1.82, 2.24) is 4.98 Å². The zero-order chi connectivity index (χ0) is 6.69. The summed E-state index contributed by atoms with van der Waals surface area (Å²) >= 11 is 10.4. The van der Waals surface area contributed by atoms with Gasteiger partial charge in [0, 0.05) is 17.1 Å². The highest BCUT2D eigenvalue weighted by molar-refractivity contribution is 9.09. The molecule has 9 heavy (non-hydrogen) atoms. The average molecular weight is 227 g/mol. The van der Waals surface area contributed by atoms with Crippen molar-refractivity contribution >= 4 is 38.9 Å². The highest BCUT2D eigenvalue weighted by atomic mass is 79.9. The number of nitrogens with zero attached hydrogens (tertiary/aromatic N) is 1. The largest absolute Gasteiger partial charge is 0.230 e. The van der Waals surface area contributed by atoms with Crippen molar-refractivity contribution in [2.24, 2.45) is 0 Å². The van der Waals surface area contributed by atoms with E-state index in [1.165, 1.54) is 11.3 Å². The first-order chi connectivity index (χ1) is 4.33. The third-order valence-electron chi connectivity index (χ3n) is 0.874. The molecule has 0 fully saturated rings. The van der Waals surface area contributed by atoms with Gasteiger partial charge in [-0.2, -0.15) is 0 Å². The van der Waals surface area contributed by atoms with Crippen LogP contribution in [0.1, 0.15) is 5.69 Å². The summed E-state index contributed by atoms with van der Waals surface area (Å²) in [6, 6.07) is 0. The fraction of sp³-hybridized carbons (Fsp3) is 0.400. The lowest BCUT2D eigenvalue weighted by molar-refractivity contribution is 1.08. The van der Waals surface area contributed by atoms with Crippen LogP contribution >= 0.6 is 38.9 Å². The zero-order valence-corrected chi connectivity index (χ0v) is 7.76. The van der Waals surface area contributed by atoms with Crippen LogP contribution in [-0.4, -0.2) is 10.3 Å². The number of hydrogen-bond acceptors (Lipinski definition) is 2. The fourth-order valence-electron chi connectivity index (χ4n) is 0.494. The van der Waals surface area contributed by atoms with E-state index in [1.807, 2.05) is 5.38 Å². The molecule has 0 unspecified atom stereocenters. The van der Waals surface area contributed by atoms with Gasteiger partial charge in [-0.1, -0.05) is 27.5 Å². The lowest BCUT2D eigenvalue weighted by Crippen LogP contribution is -1.83. The number of thiazole rings is 1. The molecule has 0 aliphatic rings. The SMILES string of the molecule is Clc1nc(CCBr)cs1. The molecule has 1 aromatic rings. The number of aromatic nitrogens is 1. The van der Waals surface area contributed by atoms with Crippen LogP contribution < -0.4 is 0 Å². The van der Waals surface area contributed by atoms with Crippen molar-refractivity contribution in [3.05, 3.63) is 15.5 Å². The van der Waals surface area contributed by atoms with E-state index in [-0.39, 0.29) is 0 Å². The maximum Gasteiger partial charge on any atom is 0.183 e. The Hall–Kier alpha value is 0.400. The van der Waals surface area contributed by atoms with Crippen LogP contribution in [0.5, 0.6) is 0 Å². The molecule has 0 atom stereocenters. The molecule has 1 nitrogen and oxygen atoms in total. The van der Waals surface area contributed by atoms with E-state index in [9.17, 15) is 0 Å². The Morgan fingerprint density at radius 1 is 1.78 bits per heavy atom. The molecular weight excluding hydrogens is 221 g/mol. The van der Waals surface area contributed by atoms with Gasteiger partial charge in [-0.25, -0.2) is 4.98 Å². The summed E-state index contributed by atoms with van der Waals surface area (Å²) in [5, 5.41) is 2.93. The summed E-state index contributed by atoms with van der Waals surface area (Å²) in [5.74, 6) is 0. The van der Waals surface area contributed by atoms with Gasteiger partial charge in [0.25, 0.3) is 0 Å². The first-order valence-electron chi connectivity index (χ1n) is 2.49. The van der Waals surface area contributed by atoms with E-state index in [4.69, 9.17) is 11.6 Å². The molecule has 0 saturated heterocycles. The Balaban J connectivity index is 2.61. The van der Waals surface area contributed by atoms with Crippen molar-refractivity contribution in [2.75, 3.05) is 5.33 Å². The molecule has 0 radical (unpaired) electrons. The smallest absolute Gasteiger partial charge is 0.183 e. The number of hydrogen-bond donors (Lipinski definition) is 0. The Bertz CT molecular complexity index is 189. The molecule has 0 saturated carbocycles. The average Bonchev–Trinajstić information content (AvgIpc) is 2.17. The molecule has 1 heterocycles. The van der Waals surface area contributed by atoms with Crippen LogP contribution in [0.15, 0.2) is 5.38 Å². The van der Waals surface area contributed by atoms with Crippen molar-refractivity contribution in [3.63, 3.8) is 0 Å². The normalized spacial score (nSPS) is 10.0. The van der Waals surface area contributed by atoms with Gasteiger partial charge >= 0.3 is 0 Å². The first-order valence-corrected chi connectivity index (χ1v) is 4.86. The van der Waals surface area contributed by atoms with Gasteiger partial charge in [0.1, 0.15) is 0 Å². The van der Waals surface area contributed by atoms with Crippen LogP contribution in [0.3, 0.4) is 0 Å². The van der Waals surface area contributed by atoms with E-state index >= 15 is 0 Å². The maximum atomic E-state index is 5.59. The van der Waals surface area contributed by atoms with E-state index in [1.54, 1.807) is 0 Å². The number of aryl methyl sites for hydroxylation is 1. The molecule has 0 aliphatic heterocycles. The Labute approximate surface area is 71.2 Å². The van der Waals surface area contributed by atoms with Gasteiger partial charge in [0.15, 0.2) is 4.47 Å². The molecule has 0 bridgehead atoms. The summed E-state index contributed by atoms with van der Waals surface area (Å²) in [6.45, 7) is 0. The minimum atomic E-state index is 0.631. The van der Waals surface area contributed by atoms with Crippen LogP contribution in [0.2, 0.25) is 4.47 Å². The zero-order valence-electron chi connectivity index (χ0n) is 4.60. The van der Waals surface area contributed by atoms with E-state index in [2.05, 4.69) is 20.9 Å². The first kappa shape index (κ1) is 7.51. The molecule has 0 spiro atoms. The van der Waals surface area contributed by atoms with Gasteiger partial charge in [-0.05, 0) is 0 Å². The van der Waals surface area contributed by atoms with Gasteiger partial charge < -0.3 is 0 Å². The summed E-state index contributed by atoms with van der Waals surface area (Å²) in [7, 11) is 0. The third-order valence-corrected chi connectivity index (χ3v) is 2.30. The second-order valence-corrected chi connectivity index (χ2v) is 3.76. The number of alkyl halides is 1. The summed E-state index contributed by atoms with van der Waals surface area (Å²) in [5.41, 5.74) is 1.07. The lowest BCUT2D eigenvalue weighted by Gasteiger charge is -1.84. The van der Waals surface area contributed by atoms with Crippen molar-refractivity contribution < 1.29 is 0 Å². The van der Waals surface area contributed by atoms with Gasteiger partial charge in [0.05, 0.1) is 5.69 Å². The minimum Gasteiger partial charge on any atom is -0.230 e. The Kier molecular flexibility index (Phi) is 2.95. The van der Waals surface area contributed by atoms with Crippen LogP contribution in [0.4, 0.5) is 0 Å². The Morgan fingerprint density at radius 2 is 2.56 bits per heavy atom. The molecule has 50 valence electrons.